The Morgan fingerprint density at radius 2 is 2.39 bits per heavy atom. The van der Waals surface area contributed by atoms with Gasteiger partial charge in [-0.1, -0.05) is 12.1 Å². The van der Waals surface area contributed by atoms with Crippen LogP contribution >= 0.6 is 11.8 Å². The molecule has 0 bridgehead atoms. The number of anilines is 1. The Kier molecular flexibility index (Phi) is 4.53. The predicted molar refractivity (Wildman–Crippen MR) is 77.7 cm³/mol. The minimum absolute atomic E-state index is 0.269. The van der Waals surface area contributed by atoms with Gasteiger partial charge in [0, 0.05) is 36.2 Å². The lowest BCUT2D eigenvalue weighted by molar-refractivity contribution is -0.132. The molecule has 1 amide bonds. The molecule has 2 N–H and O–H groups in total. The average molecular weight is 264 g/mol. The number of amides is 1. The van der Waals surface area contributed by atoms with Crippen LogP contribution in [0.15, 0.2) is 24.3 Å². The first-order valence-electron chi connectivity index (χ1n) is 6.38. The van der Waals surface area contributed by atoms with Crippen LogP contribution in [-0.4, -0.2) is 34.9 Å². The number of hydrogen-bond acceptors (Lipinski definition) is 3. The number of rotatable bonds is 3. The van der Waals surface area contributed by atoms with E-state index in [1.807, 2.05) is 40.9 Å². The highest BCUT2D eigenvalue weighted by atomic mass is 32.2. The van der Waals surface area contributed by atoms with E-state index in [1.165, 1.54) is 0 Å². The molecular formula is C14H20N2OS. The molecule has 0 aromatic heterocycles. The third kappa shape index (κ3) is 3.42. The summed E-state index contributed by atoms with van der Waals surface area (Å²) in [5.74, 6) is 2.39. The summed E-state index contributed by atoms with van der Waals surface area (Å²) in [4.78, 5) is 14.2. The summed E-state index contributed by atoms with van der Waals surface area (Å²) in [7, 11) is 0. The lowest BCUT2D eigenvalue weighted by Gasteiger charge is -2.33. The number of aryl methyl sites for hydroxylation is 1. The van der Waals surface area contributed by atoms with Gasteiger partial charge in [-0.15, -0.1) is 0 Å². The second kappa shape index (κ2) is 6.14. The minimum atomic E-state index is 0.269. The molecule has 0 saturated carbocycles. The first-order chi connectivity index (χ1) is 8.66. The van der Waals surface area contributed by atoms with E-state index >= 15 is 0 Å². The van der Waals surface area contributed by atoms with Gasteiger partial charge in [0.15, 0.2) is 0 Å². The molecule has 0 aliphatic carbocycles. The van der Waals surface area contributed by atoms with Crippen molar-refractivity contribution in [2.45, 2.75) is 25.8 Å². The number of hydrogen-bond donors (Lipinski definition) is 1. The van der Waals surface area contributed by atoms with Gasteiger partial charge in [0.2, 0.25) is 5.91 Å². The Morgan fingerprint density at radius 1 is 1.56 bits per heavy atom. The zero-order valence-corrected chi connectivity index (χ0v) is 11.6. The van der Waals surface area contributed by atoms with Gasteiger partial charge < -0.3 is 10.6 Å². The largest absolute Gasteiger partial charge is 0.399 e. The summed E-state index contributed by atoms with van der Waals surface area (Å²) in [5, 5.41) is 0. The molecule has 4 heteroatoms. The van der Waals surface area contributed by atoms with Crippen LogP contribution in [0.2, 0.25) is 0 Å². The minimum Gasteiger partial charge on any atom is -0.399 e. The number of nitrogens with zero attached hydrogens (tertiary/aromatic N) is 1. The second-order valence-corrected chi connectivity index (χ2v) is 5.91. The average Bonchev–Trinajstić information content (AvgIpc) is 2.37. The van der Waals surface area contributed by atoms with Crippen molar-refractivity contribution in [1.82, 2.24) is 4.90 Å². The number of nitrogens with two attached hydrogens (primary N) is 1. The Bertz CT molecular complexity index is 422. The van der Waals surface area contributed by atoms with Crippen molar-refractivity contribution in [3.05, 3.63) is 29.8 Å². The number of carbonyl (C=O) groups excluding carboxylic acids is 1. The van der Waals surface area contributed by atoms with Gasteiger partial charge in [-0.05, 0) is 31.0 Å². The zero-order valence-electron chi connectivity index (χ0n) is 10.8. The Morgan fingerprint density at radius 3 is 3.11 bits per heavy atom. The van der Waals surface area contributed by atoms with Crippen molar-refractivity contribution in [3.8, 4) is 0 Å². The highest BCUT2D eigenvalue weighted by Gasteiger charge is 2.22. The van der Waals surface area contributed by atoms with Crippen LogP contribution in [0.4, 0.5) is 5.69 Å². The maximum absolute atomic E-state index is 12.2. The van der Waals surface area contributed by atoms with Crippen molar-refractivity contribution in [2.24, 2.45) is 0 Å². The molecule has 1 atom stereocenters. The second-order valence-electron chi connectivity index (χ2n) is 4.76. The van der Waals surface area contributed by atoms with E-state index in [0.717, 1.165) is 35.7 Å². The van der Waals surface area contributed by atoms with E-state index in [2.05, 4.69) is 6.92 Å². The van der Waals surface area contributed by atoms with Crippen LogP contribution in [0.25, 0.3) is 0 Å². The Hall–Kier alpha value is -1.16. The van der Waals surface area contributed by atoms with Crippen molar-refractivity contribution in [2.75, 3.05) is 23.8 Å². The Balaban J connectivity index is 1.88. The van der Waals surface area contributed by atoms with E-state index in [0.29, 0.717) is 12.5 Å². The van der Waals surface area contributed by atoms with Crippen LogP contribution in [0, 0.1) is 0 Å². The Labute approximate surface area is 113 Å². The van der Waals surface area contributed by atoms with E-state index in [-0.39, 0.29) is 5.91 Å². The number of carbonyl (C=O) groups is 1. The van der Waals surface area contributed by atoms with E-state index in [9.17, 15) is 4.79 Å². The fourth-order valence-electron chi connectivity index (χ4n) is 2.24. The maximum atomic E-state index is 12.2. The summed E-state index contributed by atoms with van der Waals surface area (Å²) in [5.41, 5.74) is 7.64. The quantitative estimate of drug-likeness (QED) is 0.851. The van der Waals surface area contributed by atoms with Crippen molar-refractivity contribution in [1.29, 1.82) is 0 Å². The van der Waals surface area contributed by atoms with Crippen LogP contribution < -0.4 is 5.73 Å². The molecule has 1 unspecified atom stereocenters. The molecule has 1 saturated heterocycles. The highest BCUT2D eigenvalue weighted by Crippen LogP contribution is 2.18. The molecule has 0 spiro atoms. The van der Waals surface area contributed by atoms with Gasteiger partial charge >= 0.3 is 0 Å². The molecule has 18 heavy (non-hydrogen) atoms. The third-order valence-corrected chi connectivity index (χ3v) is 4.46. The SMILES string of the molecule is CC1CSCCN1C(=O)CCc1cccc(N)c1. The topological polar surface area (TPSA) is 46.3 Å². The van der Waals surface area contributed by atoms with Crippen LogP contribution in [0.5, 0.6) is 0 Å². The van der Waals surface area contributed by atoms with E-state index in [4.69, 9.17) is 5.73 Å². The molecule has 1 heterocycles. The molecule has 1 aliphatic rings. The summed E-state index contributed by atoms with van der Waals surface area (Å²) >= 11 is 1.93. The normalized spacial score (nSPS) is 19.8. The fraction of sp³-hybridized carbons (Fsp3) is 0.500. The third-order valence-electron chi connectivity index (χ3n) is 3.27. The van der Waals surface area contributed by atoms with E-state index in [1.54, 1.807) is 0 Å². The molecule has 98 valence electrons. The lowest BCUT2D eigenvalue weighted by Crippen LogP contribution is -2.44. The highest BCUT2D eigenvalue weighted by molar-refractivity contribution is 7.99. The number of nitrogen functional groups attached to an aromatic ring is 1. The summed E-state index contributed by atoms with van der Waals surface area (Å²) in [6.45, 7) is 3.02. The molecule has 3 nitrogen and oxygen atoms in total. The molecular weight excluding hydrogens is 244 g/mol. The first kappa shape index (κ1) is 13.3. The first-order valence-corrected chi connectivity index (χ1v) is 7.54. The molecule has 0 radical (unpaired) electrons. The van der Waals surface area contributed by atoms with Gasteiger partial charge in [-0.2, -0.15) is 11.8 Å². The number of benzene rings is 1. The van der Waals surface area contributed by atoms with Gasteiger partial charge in [-0.25, -0.2) is 0 Å². The van der Waals surface area contributed by atoms with E-state index < -0.39 is 0 Å². The van der Waals surface area contributed by atoms with Crippen LogP contribution in [0.1, 0.15) is 18.9 Å². The van der Waals surface area contributed by atoms with Crippen LogP contribution in [0.3, 0.4) is 0 Å². The molecule has 1 aromatic rings. The zero-order chi connectivity index (χ0) is 13.0. The molecule has 1 aliphatic heterocycles. The summed E-state index contributed by atoms with van der Waals surface area (Å²) < 4.78 is 0. The maximum Gasteiger partial charge on any atom is 0.223 e. The van der Waals surface area contributed by atoms with Crippen molar-refractivity contribution >= 4 is 23.4 Å². The number of thioether (sulfide) groups is 1. The smallest absolute Gasteiger partial charge is 0.223 e. The summed E-state index contributed by atoms with van der Waals surface area (Å²) in [6.07, 6.45) is 1.36. The van der Waals surface area contributed by atoms with Gasteiger partial charge in [0.25, 0.3) is 0 Å². The monoisotopic (exact) mass is 264 g/mol. The van der Waals surface area contributed by atoms with Gasteiger partial charge in [0.05, 0.1) is 0 Å². The summed E-state index contributed by atoms with van der Waals surface area (Å²) in [6, 6.07) is 8.16. The molecule has 1 fully saturated rings. The molecule has 1 aromatic carbocycles. The lowest BCUT2D eigenvalue weighted by atomic mass is 10.1. The van der Waals surface area contributed by atoms with Gasteiger partial charge in [-0.3, -0.25) is 4.79 Å². The van der Waals surface area contributed by atoms with Gasteiger partial charge in [0.1, 0.15) is 0 Å². The van der Waals surface area contributed by atoms with Crippen molar-refractivity contribution < 1.29 is 4.79 Å². The standard InChI is InChI=1S/C14H20N2OS/c1-11-10-18-8-7-16(11)14(17)6-5-12-3-2-4-13(15)9-12/h2-4,9,11H,5-8,10,15H2,1H3. The predicted octanol–water partition coefficient (Wildman–Crippen LogP) is 2.17. The molecule has 2 rings (SSSR count). The van der Waals surface area contributed by atoms with Crippen LogP contribution in [-0.2, 0) is 11.2 Å². The van der Waals surface area contributed by atoms with Crippen molar-refractivity contribution in [3.63, 3.8) is 0 Å². The fourth-order valence-corrected chi connectivity index (χ4v) is 3.25.